The van der Waals surface area contributed by atoms with Crippen LogP contribution in [-0.4, -0.2) is 65.3 Å². The number of aliphatic hydroxyl groups is 2. The molecule has 0 spiro atoms. The number of amides is 2. The van der Waals surface area contributed by atoms with Crippen molar-refractivity contribution in [3.63, 3.8) is 0 Å². The zero-order valence-corrected chi connectivity index (χ0v) is 21.5. The maximum absolute atomic E-state index is 13.1. The van der Waals surface area contributed by atoms with Crippen molar-refractivity contribution >= 4 is 23.6 Å². The van der Waals surface area contributed by atoms with Gasteiger partial charge in [-0.05, 0) is 37.7 Å². The molecule has 6 atom stereocenters. The monoisotopic (exact) mass is 505 g/mol. The number of methoxy groups -OCH3 is 1. The Morgan fingerprint density at radius 1 is 1.19 bits per heavy atom. The Hall–Kier alpha value is -2.62. The molecular weight excluding hydrogens is 466 g/mol. The molecule has 36 heavy (non-hydrogen) atoms. The highest BCUT2D eigenvalue weighted by atomic mass is 16.5. The number of cyclic esters (lactones) is 1. The van der Waals surface area contributed by atoms with Crippen LogP contribution in [0.1, 0.15) is 59.3 Å². The minimum Gasteiger partial charge on any atom is -0.454 e. The van der Waals surface area contributed by atoms with E-state index >= 15 is 0 Å². The fraction of sp³-hybridized carbons (Fsp3) is 0.630. The number of rotatable bonds is 7. The second-order valence-corrected chi connectivity index (χ2v) is 9.82. The summed E-state index contributed by atoms with van der Waals surface area (Å²) < 4.78 is 11.1. The smallest absolute Gasteiger partial charge is 0.331 e. The Kier molecular flexibility index (Phi) is 11.7. The van der Waals surface area contributed by atoms with Crippen LogP contribution in [-0.2, 0) is 28.7 Å². The van der Waals surface area contributed by atoms with Gasteiger partial charge in [0.25, 0.3) is 0 Å². The molecule has 0 saturated carbocycles. The van der Waals surface area contributed by atoms with Crippen LogP contribution in [0.4, 0.5) is 0 Å². The van der Waals surface area contributed by atoms with Crippen molar-refractivity contribution in [3.8, 4) is 0 Å². The molecule has 2 heterocycles. The minimum absolute atomic E-state index is 0.124. The van der Waals surface area contributed by atoms with Gasteiger partial charge in [-0.15, -0.1) is 0 Å². The van der Waals surface area contributed by atoms with Gasteiger partial charge in [-0.3, -0.25) is 19.7 Å². The molecule has 1 fully saturated rings. The van der Waals surface area contributed by atoms with Gasteiger partial charge in [0.05, 0.1) is 18.1 Å². The Bertz CT molecular complexity index is 876. The molecule has 0 aromatic heterocycles. The summed E-state index contributed by atoms with van der Waals surface area (Å²) in [6, 6.07) is 0. The highest BCUT2D eigenvalue weighted by Gasteiger charge is 2.33. The van der Waals surface area contributed by atoms with Crippen molar-refractivity contribution in [2.24, 2.45) is 17.8 Å². The van der Waals surface area contributed by atoms with Crippen LogP contribution in [0.3, 0.4) is 0 Å². The highest BCUT2D eigenvalue weighted by molar-refractivity contribution is 5.97. The molecule has 1 saturated heterocycles. The number of carbonyl (C=O) groups is 4. The summed E-state index contributed by atoms with van der Waals surface area (Å²) in [4.78, 5) is 48.7. The summed E-state index contributed by atoms with van der Waals surface area (Å²) in [6.07, 6.45) is 6.66. The van der Waals surface area contributed by atoms with Crippen molar-refractivity contribution in [1.29, 1.82) is 0 Å². The van der Waals surface area contributed by atoms with Gasteiger partial charge in [0, 0.05) is 38.4 Å². The first-order valence-electron chi connectivity index (χ1n) is 12.5. The molecule has 2 aliphatic heterocycles. The van der Waals surface area contributed by atoms with Crippen molar-refractivity contribution < 1.29 is 38.9 Å². The number of allylic oxidation sites excluding steroid dienone is 2. The first kappa shape index (κ1) is 29.6. The van der Waals surface area contributed by atoms with Gasteiger partial charge in [0.1, 0.15) is 18.0 Å². The van der Waals surface area contributed by atoms with Crippen molar-refractivity contribution in [2.45, 2.75) is 83.7 Å². The molecule has 9 heteroatoms. The van der Waals surface area contributed by atoms with Gasteiger partial charge < -0.3 is 19.7 Å². The second-order valence-electron chi connectivity index (χ2n) is 9.82. The van der Waals surface area contributed by atoms with Crippen LogP contribution in [0.5, 0.6) is 0 Å². The van der Waals surface area contributed by atoms with E-state index in [-0.39, 0.29) is 55.1 Å². The third-order valence-corrected chi connectivity index (χ3v) is 6.68. The van der Waals surface area contributed by atoms with Gasteiger partial charge >= 0.3 is 5.97 Å². The van der Waals surface area contributed by atoms with E-state index in [1.165, 1.54) is 13.2 Å². The number of hydrogen-bond acceptors (Lipinski definition) is 8. The lowest BCUT2D eigenvalue weighted by atomic mass is 9.85. The van der Waals surface area contributed by atoms with Gasteiger partial charge in [-0.25, -0.2) is 4.79 Å². The van der Waals surface area contributed by atoms with Gasteiger partial charge in [-0.2, -0.15) is 0 Å². The van der Waals surface area contributed by atoms with E-state index in [1.807, 2.05) is 13.0 Å². The Morgan fingerprint density at radius 3 is 2.47 bits per heavy atom. The molecule has 0 aliphatic carbocycles. The third kappa shape index (κ3) is 9.11. The highest BCUT2D eigenvalue weighted by Crippen LogP contribution is 2.26. The van der Waals surface area contributed by atoms with Crippen LogP contribution in [0, 0.1) is 17.8 Å². The van der Waals surface area contributed by atoms with Gasteiger partial charge in [0.15, 0.2) is 0 Å². The summed E-state index contributed by atoms with van der Waals surface area (Å²) in [5, 5.41) is 23.5. The number of imide groups is 1. The molecule has 2 rings (SSSR count). The predicted octanol–water partition coefficient (Wildman–Crippen LogP) is 2.16. The lowest BCUT2D eigenvalue weighted by Crippen LogP contribution is -2.40. The Balaban J connectivity index is 2.17. The molecule has 0 aromatic rings. The van der Waals surface area contributed by atoms with E-state index in [0.717, 1.165) is 0 Å². The maximum Gasteiger partial charge on any atom is 0.331 e. The zero-order valence-electron chi connectivity index (χ0n) is 21.5. The molecule has 200 valence electrons. The molecule has 0 unspecified atom stereocenters. The fourth-order valence-electron chi connectivity index (χ4n) is 4.67. The number of carbonyl (C=O) groups excluding carboxylic acids is 4. The predicted molar refractivity (Wildman–Crippen MR) is 132 cm³/mol. The van der Waals surface area contributed by atoms with Crippen molar-refractivity contribution in [3.05, 3.63) is 36.0 Å². The van der Waals surface area contributed by atoms with Crippen LogP contribution in [0.25, 0.3) is 0 Å². The molecule has 2 amide bonds. The second kappa shape index (κ2) is 14.2. The van der Waals surface area contributed by atoms with Crippen LogP contribution in [0.15, 0.2) is 36.0 Å². The number of ether oxygens (including phenoxy) is 2. The van der Waals surface area contributed by atoms with Gasteiger partial charge in [0.2, 0.25) is 11.8 Å². The van der Waals surface area contributed by atoms with Crippen LogP contribution in [0.2, 0.25) is 0 Å². The first-order valence-corrected chi connectivity index (χ1v) is 12.5. The first-order chi connectivity index (χ1) is 17.0. The summed E-state index contributed by atoms with van der Waals surface area (Å²) in [5.41, 5.74) is 0.601. The number of nitrogens with one attached hydrogen (secondary N) is 1. The molecule has 3 N–H and O–H groups in total. The van der Waals surface area contributed by atoms with Gasteiger partial charge in [-0.1, -0.05) is 38.2 Å². The van der Waals surface area contributed by atoms with E-state index in [4.69, 9.17) is 9.47 Å². The largest absolute Gasteiger partial charge is 0.454 e. The molecule has 0 radical (unpaired) electrons. The molecule has 2 aliphatic rings. The number of ketones is 1. The Labute approximate surface area is 212 Å². The molecule has 0 aromatic carbocycles. The van der Waals surface area contributed by atoms with E-state index < -0.39 is 36.3 Å². The lowest BCUT2D eigenvalue weighted by molar-refractivity contribution is -0.145. The number of esters is 1. The standard InChI is InChI=1S/C27H39NO8/c1-16-11-17(2)27(36-25(33)10-8-6-5-7-9-22(35-4)26(16)34)18(3)21(30)15-20(29)12-19-13-23(31)28-24(32)14-19/h7-11,16,18-20,22,26-27,29,34H,5-6,12-15H2,1-4H3,(H,28,31,32)/b9-7+,10-8+,17-11-/t16-,18-,20-,22+,26+,27+/m1/s1. The van der Waals surface area contributed by atoms with E-state index in [2.05, 4.69) is 5.32 Å². The summed E-state index contributed by atoms with van der Waals surface area (Å²) >= 11 is 0. The molecule has 0 bridgehead atoms. The SMILES string of the molecule is CO[C@H]1/C=C/CC/C=C/C(=O)O[C@H]([C@H](C)C(=O)C[C@H](O)CC2CC(=O)NC(=O)C2)/C(C)=C\[C@@H](C)[C@@H]1O. The van der Waals surface area contributed by atoms with E-state index in [1.54, 1.807) is 32.1 Å². The Morgan fingerprint density at radius 2 is 1.83 bits per heavy atom. The number of aliphatic hydroxyl groups excluding tert-OH is 2. The molecular formula is C27H39NO8. The average molecular weight is 506 g/mol. The van der Waals surface area contributed by atoms with E-state index in [0.29, 0.717) is 18.4 Å². The summed E-state index contributed by atoms with van der Waals surface area (Å²) in [5.74, 6) is -3.10. The van der Waals surface area contributed by atoms with Crippen LogP contribution < -0.4 is 5.32 Å². The molecule has 9 nitrogen and oxygen atoms in total. The summed E-state index contributed by atoms with van der Waals surface area (Å²) in [7, 11) is 1.52. The fourth-order valence-corrected chi connectivity index (χ4v) is 4.67. The average Bonchev–Trinajstić information content (AvgIpc) is 2.79. The quantitative estimate of drug-likeness (QED) is 0.272. The summed E-state index contributed by atoms with van der Waals surface area (Å²) in [6.45, 7) is 5.19. The number of hydrogen-bond donors (Lipinski definition) is 3. The minimum atomic E-state index is -1.03. The normalized spacial score (nSPS) is 31.7. The van der Waals surface area contributed by atoms with Crippen LogP contribution >= 0.6 is 0 Å². The topological polar surface area (TPSA) is 139 Å². The van der Waals surface area contributed by atoms with Crippen molar-refractivity contribution in [1.82, 2.24) is 5.32 Å². The lowest BCUT2D eigenvalue weighted by Gasteiger charge is -2.28. The third-order valence-electron chi connectivity index (χ3n) is 6.68. The van der Waals surface area contributed by atoms with Crippen molar-refractivity contribution in [2.75, 3.05) is 7.11 Å². The maximum atomic E-state index is 13.1. The zero-order chi connectivity index (χ0) is 26.8. The van der Waals surface area contributed by atoms with E-state index in [9.17, 15) is 29.4 Å². The number of piperidine rings is 1. The number of Topliss-reactive ketones (excluding diaryl/α,β-unsaturated/α-hetero) is 1.